The SMILES string of the molecule is C#CCNCc1nc(Cc2ccc(F)cc2)no1. The molecule has 0 saturated heterocycles. The number of hydrogen-bond donors (Lipinski definition) is 1. The fraction of sp³-hybridized carbons (Fsp3) is 0.231. The predicted octanol–water partition coefficient (Wildman–Crippen LogP) is 1.52. The largest absolute Gasteiger partial charge is 0.338 e. The van der Waals surface area contributed by atoms with Gasteiger partial charge in [-0.3, -0.25) is 5.32 Å². The summed E-state index contributed by atoms with van der Waals surface area (Å²) in [5.74, 6) is 3.25. The first-order chi connectivity index (χ1) is 8.78. The standard InChI is InChI=1S/C13H12FN3O/c1-2-7-15-9-13-16-12(17-18-13)8-10-3-5-11(14)6-4-10/h1,3-6,15H,7-9H2. The van der Waals surface area contributed by atoms with Crippen molar-refractivity contribution in [3.63, 3.8) is 0 Å². The highest BCUT2D eigenvalue weighted by Crippen LogP contribution is 2.08. The molecule has 0 fully saturated rings. The van der Waals surface area contributed by atoms with Gasteiger partial charge in [0.05, 0.1) is 13.1 Å². The van der Waals surface area contributed by atoms with Gasteiger partial charge in [-0.15, -0.1) is 6.42 Å². The molecule has 0 saturated carbocycles. The van der Waals surface area contributed by atoms with Crippen molar-refractivity contribution in [1.82, 2.24) is 15.5 Å². The van der Waals surface area contributed by atoms with E-state index in [4.69, 9.17) is 10.9 Å². The van der Waals surface area contributed by atoms with Gasteiger partial charge < -0.3 is 4.52 Å². The van der Waals surface area contributed by atoms with Crippen LogP contribution in [-0.2, 0) is 13.0 Å². The van der Waals surface area contributed by atoms with Crippen molar-refractivity contribution in [2.75, 3.05) is 6.54 Å². The molecule has 0 unspecified atom stereocenters. The summed E-state index contributed by atoms with van der Waals surface area (Å²) >= 11 is 0. The van der Waals surface area contributed by atoms with Gasteiger partial charge in [0.2, 0.25) is 5.89 Å². The summed E-state index contributed by atoms with van der Waals surface area (Å²) in [6.45, 7) is 0.899. The molecule has 18 heavy (non-hydrogen) atoms. The van der Waals surface area contributed by atoms with E-state index < -0.39 is 0 Å². The normalized spacial score (nSPS) is 10.2. The van der Waals surface area contributed by atoms with E-state index in [-0.39, 0.29) is 5.82 Å². The maximum atomic E-state index is 12.7. The molecule has 0 aliphatic carbocycles. The molecule has 0 amide bonds. The monoisotopic (exact) mass is 245 g/mol. The molecule has 92 valence electrons. The number of benzene rings is 1. The van der Waals surface area contributed by atoms with Crippen molar-refractivity contribution in [3.05, 3.63) is 47.4 Å². The van der Waals surface area contributed by atoms with Crippen molar-refractivity contribution in [1.29, 1.82) is 0 Å². The van der Waals surface area contributed by atoms with Crippen LogP contribution in [0.4, 0.5) is 4.39 Å². The molecule has 4 nitrogen and oxygen atoms in total. The first-order valence-corrected chi connectivity index (χ1v) is 5.48. The maximum Gasteiger partial charge on any atom is 0.240 e. The number of hydrogen-bond acceptors (Lipinski definition) is 4. The lowest BCUT2D eigenvalue weighted by Crippen LogP contribution is -2.13. The average molecular weight is 245 g/mol. The molecule has 0 spiro atoms. The van der Waals surface area contributed by atoms with Gasteiger partial charge in [-0.05, 0) is 17.7 Å². The van der Waals surface area contributed by atoms with E-state index in [9.17, 15) is 4.39 Å². The third kappa shape index (κ3) is 3.40. The van der Waals surface area contributed by atoms with Crippen LogP contribution in [0.25, 0.3) is 0 Å². The Bertz CT molecular complexity index is 542. The van der Waals surface area contributed by atoms with Crippen molar-refractivity contribution in [2.45, 2.75) is 13.0 Å². The molecule has 0 aliphatic rings. The van der Waals surface area contributed by atoms with Crippen LogP contribution in [0.1, 0.15) is 17.3 Å². The van der Waals surface area contributed by atoms with E-state index in [1.807, 2.05) is 0 Å². The molecule has 2 rings (SSSR count). The van der Waals surface area contributed by atoms with Gasteiger partial charge in [0.25, 0.3) is 0 Å². The van der Waals surface area contributed by atoms with Crippen LogP contribution in [-0.4, -0.2) is 16.7 Å². The van der Waals surface area contributed by atoms with E-state index >= 15 is 0 Å². The zero-order valence-electron chi connectivity index (χ0n) is 9.69. The maximum absolute atomic E-state index is 12.7. The Morgan fingerprint density at radius 3 is 2.83 bits per heavy atom. The molecule has 0 radical (unpaired) electrons. The number of aromatic nitrogens is 2. The Balaban J connectivity index is 1.94. The van der Waals surface area contributed by atoms with Crippen LogP contribution < -0.4 is 5.32 Å². The van der Waals surface area contributed by atoms with E-state index in [0.717, 1.165) is 5.56 Å². The molecule has 0 aliphatic heterocycles. The summed E-state index contributed by atoms with van der Waals surface area (Å²) in [6.07, 6.45) is 5.62. The molecule has 1 heterocycles. The molecular weight excluding hydrogens is 233 g/mol. The van der Waals surface area contributed by atoms with Crippen molar-refractivity contribution >= 4 is 0 Å². The lowest BCUT2D eigenvalue weighted by atomic mass is 10.1. The number of rotatable bonds is 5. The van der Waals surface area contributed by atoms with Crippen LogP contribution in [0.5, 0.6) is 0 Å². The summed E-state index contributed by atoms with van der Waals surface area (Å²) < 4.78 is 17.8. The summed E-state index contributed by atoms with van der Waals surface area (Å²) in [6, 6.07) is 6.21. The lowest BCUT2D eigenvalue weighted by Gasteiger charge is -1.95. The Labute approximate surface area is 104 Å². The molecule has 5 heteroatoms. The molecular formula is C13H12FN3O. The highest BCUT2D eigenvalue weighted by molar-refractivity contribution is 5.19. The quantitative estimate of drug-likeness (QED) is 0.641. The second-order valence-electron chi connectivity index (χ2n) is 3.72. The van der Waals surface area contributed by atoms with E-state index in [1.54, 1.807) is 12.1 Å². The lowest BCUT2D eigenvalue weighted by molar-refractivity contribution is 0.366. The first kappa shape index (κ1) is 12.3. The van der Waals surface area contributed by atoms with Gasteiger partial charge >= 0.3 is 0 Å². The Hall–Kier alpha value is -2.19. The predicted molar refractivity (Wildman–Crippen MR) is 64.0 cm³/mol. The molecule has 2 aromatic rings. The number of nitrogens with zero attached hydrogens (tertiary/aromatic N) is 2. The fourth-order valence-electron chi connectivity index (χ4n) is 1.46. The summed E-state index contributed by atoms with van der Waals surface area (Å²) in [5.41, 5.74) is 0.931. The van der Waals surface area contributed by atoms with Gasteiger partial charge in [-0.2, -0.15) is 4.98 Å². The minimum absolute atomic E-state index is 0.258. The molecule has 0 atom stereocenters. The second kappa shape index (κ2) is 5.94. The number of nitrogens with one attached hydrogen (secondary N) is 1. The van der Waals surface area contributed by atoms with Crippen LogP contribution in [0.2, 0.25) is 0 Å². The van der Waals surface area contributed by atoms with Crippen LogP contribution in [0.3, 0.4) is 0 Å². The summed E-state index contributed by atoms with van der Waals surface area (Å²) in [7, 11) is 0. The second-order valence-corrected chi connectivity index (χ2v) is 3.72. The van der Waals surface area contributed by atoms with Gasteiger partial charge in [0.1, 0.15) is 5.82 Å². The molecule has 1 aromatic heterocycles. The number of terminal acetylenes is 1. The smallest absolute Gasteiger partial charge is 0.240 e. The highest BCUT2D eigenvalue weighted by atomic mass is 19.1. The van der Waals surface area contributed by atoms with Gasteiger partial charge in [-0.1, -0.05) is 23.2 Å². The Morgan fingerprint density at radius 2 is 2.11 bits per heavy atom. The summed E-state index contributed by atoms with van der Waals surface area (Å²) in [5, 5.41) is 6.80. The zero-order valence-corrected chi connectivity index (χ0v) is 9.69. The van der Waals surface area contributed by atoms with Gasteiger partial charge in [0.15, 0.2) is 5.82 Å². The molecule has 1 N–H and O–H groups in total. The Morgan fingerprint density at radius 1 is 1.33 bits per heavy atom. The van der Waals surface area contributed by atoms with E-state index in [1.165, 1.54) is 12.1 Å². The summed E-state index contributed by atoms with van der Waals surface area (Å²) in [4.78, 5) is 4.20. The van der Waals surface area contributed by atoms with Crippen LogP contribution >= 0.6 is 0 Å². The minimum atomic E-state index is -0.258. The fourth-order valence-corrected chi connectivity index (χ4v) is 1.46. The highest BCUT2D eigenvalue weighted by Gasteiger charge is 2.06. The van der Waals surface area contributed by atoms with Crippen molar-refractivity contribution < 1.29 is 8.91 Å². The van der Waals surface area contributed by atoms with E-state index in [2.05, 4.69) is 21.4 Å². The topological polar surface area (TPSA) is 51.0 Å². The zero-order chi connectivity index (χ0) is 12.8. The number of halogens is 1. The third-order valence-corrected chi connectivity index (χ3v) is 2.29. The van der Waals surface area contributed by atoms with Crippen LogP contribution in [0, 0.1) is 18.2 Å². The van der Waals surface area contributed by atoms with Crippen LogP contribution in [0.15, 0.2) is 28.8 Å². The van der Waals surface area contributed by atoms with Crippen molar-refractivity contribution in [2.24, 2.45) is 0 Å². The van der Waals surface area contributed by atoms with Crippen molar-refractivity contribution in [3.8, 4) is 12.3 Å². The van der Waals surface area contributed by atoms with Gasteiger partial charge in [0, 0.05) is 6.42 Å². The molecule has 1 aromatic carbocycles. The van der Waals surface area contributed by atoms with Gasteiger partial charge in [-0.25, -0.2) is 4.39 Å². The third-order valence-electron chi connectivity index (χ3n) is 2.29. The minimum Gasteiger partial charge on any atom is -0.338 e. The first-order valence-electron chi connectivity index (χ1n) is 5.48. The Kier molecular flexibility index (Phi) is 4.05. The molecule has 0 bridgehead atoms. The average Bonchev–Trinajstić information content (AvgIpc) is 2.80. The van der Waals surface area contributed by atoms with E-state index in [0.29, 0.717) is 31.2 Å².